The second-order valence-corrected chi connectivity index (χ2v) is 5.84. The standard InChI is InChI=1S/C3H10O7P2S/c1-3(2)8-12(7,13)10-9-11(4,5)6/h3H,1-2H3,(H,7,13)(H2,4,5,6)/p-3. The SMILES string of the molecule is CC(C)OP([O-])(=S)OOP(=O)([O-])[O-]. The first kappa shape index (κ1) is 13.6. The van der Waals surface area contributed by atoms with Gasteiger partial charge < -0.3 is 23.8 Å². The molecule has 80 valence electrons. The van der Waals surface area contributed by atoms with Crippen molar-refractivity contribution >= 4 is 26.3 Å². The van der Waals surface area contributed by atoms with E-state index in [9.17, 15) is 19.2 Å². The van der Waals surface area contributed by atoms with Crippen molar-refractivity contribution in [3.05, 3.63) is 0 Å². The summed E-state index contributed by atoms with van der Waals surface area (Å²) in [6.07, 6.45) is -0.537. The predicted molar refractivity (Wildman–Crippen MR) is 40.3 cm³/mol. The highest BCUT2D eigenvalue weighted by atomic mass is 32.5. The van der Waals surface area contributed by atoms with Crippen LogP contribution in [0.2, 0.25) is 0 Å². The smallest absolute Gasteiger partial charge is 0.154 e. The Hall–Kier alpha value is 0.640. The van der Waals surface area contributed by atoms with E-state index in [1.165, 1.54) is 13.8 Å². The molecule has 0 aromatic rings. The van der Waals surface area contributed by atoms with Crippen LogP contribution in [-0.4, -0.2) is 6.10 Å². The van der Waals surface area contributed by atoms with E-state index in [1.807, 2.05) is 0 Å². The number of phosphoric acid groups is 1. The van der Waals surface area contributed by atoms with E-state index in [4.69, 9.17) is 0 Å². The third kappa shape index (κ3) is 8.96. The summed E-state index contributed by atoms with van der Waals surface area (Å²) < 4.78 is 21.2. The van der Waals surface area contributed by atoms with Crippen molar-refractivity contribution in [3.63, 3.8) is 0 Å². The molecule has 1 unspecified atom stereocenters. The van der Waals surface area contributed by atoms with Gasteiger partial charge in [0.05, 0.1) is 6.10 Å². The van der Waals surface area contributed by atoms with Crippen molar-refractivity contribution in [1.29, 1.82) is 0 Å². The van der Waals surface area contributed by atoms with Gasteiger partial charge in [0, 0.05) is 0 Å². The van der Waals surface area contributed by atoms with Gasteiger partial charge in [-0.15, -0.1) is 0 Å². The number of hydrogen-bond donors (Lipinski definition) is 0. The highest BCUT2D eigenvalue weighted by Crippen LogP contribution is 2.44. The van der Waals surface area contributed by atoms with Gasteiger partial charge in [0.15, 0.2) is 6.72 Å². The van der Waals surface area contributed by atoms with Gasteiger partial charge >= 0.3 is 0 Å². The quantitative estimate of drug-likeness (QED) is 0.338. The lowest BCUT2D eigenvalue weighted by Crippen LogP contribution is -2.19. The molecule has 0 fully saturated rings. The van der Waals surface area contributed by atoms with Gasteiger partial charge in [-0.05, 0) is 25.7 Å². The van der Waals surface area contributed by atoms with Crippen LogP contribution in [0.4, 0.5) is 0 Å². The minimum Gasteiger partial charge on any atom is -0.788 e. The lowest BCUT2D eigenvalue weighted by Gasteiger charge is -2.33. The van der Waals surface area contributed by atoms with Gasteiger partial charge in [0.25, 0.3) is 0 Å². The monoisotopic (exact) mass is 249 g/mol. The van der Waals surface area contributed by atoms with Crippen LogP contribution in [0.25, 0.3) is 0 Å². The molecule has 0 aromatic carbocycles. The van der Waals surface area contributed by atoms with Crippen LogP contribution in [-0.2, 0) is 30.2 Å². The predicted octanol–water partition coefficient (Wildman–Crippen LogP) is -1.23. The summed E-state index contributed by atoms with van der Waals surface area (Å²) >= 11 is 4.17. The van der Waals surface area contributed by atoms with Crippen LogP contribution in [0.1, 0.15) is 13.8 Å². The number of rotatable bonds is 5. The fourth-order valence-corrected chi connectivity index (χ4v) is 2.32. The summed E-state index contributed by atoms with van der Waals surface area (Å²) in [6.45, 7) is -1.06. The maximum atomic E-state index is 10.9. The van der Waals surface area contributed by atoms with Crippen LogP contribution in [0, 0.1) is 0 Å². The molecule has 7 nitrogen and oxygen atoms in total. The molecule has 1 atom stereocenters. The van der Waals surface area contributed by atoms with Gasteiger partial charge in [-0.3, -0.25) is 0 Å². The van der Waals surface area contributed by atoms with Gasteiger partial charge in [-0.1, -0.05) is 0 Å². The average Bonchev–Trinajstić information content (AvgIpc) is 1.79. The zero-order valence-corrected chi connectivity index (χ0v) is 9.34. The summed E-state index contributed by atoms with van der Waals surface area (Å²) in [5, 5.41) is 0. The van der Waals surface area contributed by atoms with E-state index in [2.05, 4.69) is 25.7 Å². The maximum Gasteiger partial charge on any atom is 0.154 e. The molecule has 0 aliphatic carbocycles. The molecule has 0 bridgehead atoms. The lowest BCUT2D eigenvalue weighted by atomic mass is 10.5. The van der Waals surface area contributed by atoms with Gasteiger partial charge in [0.2, 0.25) is 0 Å². The van der Waals surface area contributed by atoms with E-state index in [1.54, 1.807) is 0 Å². The number of hydrogen-bond acceptors (Lipinski definition) is 8. The largest absolute Gasteiger partial charge is 0.788 e. The molecule has 0 saturated carbocycles. The van der Waals surface area contributed by atoms with E-state index in [0.29, 0.717) is 0 Å². The van der Waals surface area contributed by atoms with Crippen molar-refractivity contribution in [1.82, 2.24) is 0 Å². The Morgan fingerprint density at radius 2 is 1.69 bits per heavy atom. The Labute approximate surface area is 80.1 Å². The van der Waals surface area contributed by atoms with E-state index in [0.717, 1.165) is 0 Å². The van der Waals surface area contributed by atoms with Crippen LogP contribution in [0.5, 0.6) is 0 Å². The minimum absolute atomic E-state index is 0.537. The molecule has 10 heteroatoms. The third-order valence-electron chi connectivity index (χ3n) is 0.556. The zero-order chi connectivity index (χ0) is 10.7. The highest BCUT2D eigenvalue weighted by Gasteiger charge is 2.08. The molecule has 0 aliphatic rings. The van der Waals surface area contributed by atoms with Gasteiger partial charge in [-0.25, -0.2) is 4.67 Å². The molecule has 0 rings (SSSR count). The minimum atomic E-state index is -5.35. The zero-order valence-electron chi connectivity index (χ0n) is 6.74. The van der Waals surface area contributed by atoms with Crippen LogP contribution in [0.3, 0.4) is 0 Å². The van der Waals surface area contributed by atoms with Crippen LogP contribution < -0.4 is 14.7 Å². The van der Waals surface area contributed by atoms with E-state index >= 15 is 0 Å². The second kappa shape index (κ2) is 4.93. The van der Waals surface area contributed by atoms with Crippen LogP contribution >= 0.6 is 14.5 Å². The van der Waals surface area contributed by atoms with Crippen molar-refractivity contribution in [3.8, 4) is 0 Å². The highest BCUT2D eigenvalue weighted by molar-refractivity contribution is 8.06. The van der Waals surface area contributed by atoms with Crippen LogP contribution in [0.15, 0.2) is 0 Å². The Morgan fingerprint density at radius 3 is 2.00 bits per heavy atom. The van der Waals surface area contributed by atoms with Gasteiger partial charge in [0.1, 0.15) is 7.82 Å². The molecule has 0 radical (unpaired) electrons. The molecule has 0 saturated heterocycles. The fraction of sp³-hybridized carbons (Fsp3) is 1.00. The Kier molecular flexibility index (Phi) is 5.17. The lowest BCUT2D eigenvalue weighted by molar-refractivity contribution is -0.381. The van der Waals surface area contributed by atoms with Gasteiger partial charge in [-0.2, -0.15) is 4.67 Å². The summed E-state index contributed by atoms with van der Waals surface area (Å²) in [6, 6.07) is 0. The molecule has 0 aliphatic heterocycles. The maximum absolute atomic E-state index is 10.9. The summed E-state index contributed by atoms with van der Waals surface area (Å²) in [7, 11) is -5.35. The molecule has 0 amide bonds. The summed E-state index contributed by atoms with van der Waals surface area (Å²) in [5.74, 6) is 0. The van der Waals surface area contributed by atoms with Crippen molar-refractivity contribution in [2.24, 2.45) is 0 Å². The Bertz CT molecular complexity index is 246. The summed E-state index contributed by atoms with van der Waals surface area (Å²) in [4.78, 5) is 30.6. The topological polar surface area (TPSA) is 114 Å². The van der Waals surface area contributed by atoms with E-state index < -0.39 is 20.6 Å². The summed E-state index contributed by atoms with van der Waals surface area (Å²) in [5.41, 5.74) is 0. The molecule has 0 aromatic heterocycles. The second-order valence-electron chi connectivity index (χ2n) is 2.20. The molecule has 0 N–H and O–H groups in total. The third-order valence-corrected chi connectivity index (χ3v) is 2.31. The molecule has 0 heterocycles. The van der Waals surface area contributed by atoms with Crippen molar-refractivity contribution in [2.75, 3.05) is 0 Å². The molecular weight excluding hydrogens is 242 g/mol. The Balaban J connectivity index is 4.05. The molecule has 0 spiro atoms. The first-order valence-corrected chi connectivity index (χ1v) is 7.03. The average molecular weight is 249 g/mol. The fourth-order valence-electron chi connectivity index (χ4n) is 0.357. The van der Waals surface area contributed by atoms with Crippen molar-refractivity contribution < 1.29 is 33.1 Å². The van der Waals surface area contributed by atoms with E-state index in [-0.39, 0.29) is 0 Å². The molecular formula is C3H7O7P2S-3. The van der Waals surface area contributed by atoms with Crippen molar-refractivity contribution in [2.45, 2.75) is 20.0 Å². The Morgan fingerprint density at radius 1 is 1.23 bits per heavy atom. The molecule has 13 heavy (non-hydrogen) atoms. The normalized spacial score (nSPS) is 17.4. The first-order valence-electron chi connectivity index (χ1n) is 3.02. The first-order chi connectivity index (χ1) is 5.62.